The number of aldehydes is 1. The molecule has 0 aliphatic carbocycles. The standard InChI is InChI=1S/C14H9N3O3/c18-8-11-10-7-9(17(19)20)4-5-12(10)16-14(11)13-3-1-2-6-15-13/h1-8,16H. The van der Waals surface area contributed by atoms with Gasteiger partial charge in [-0.15, -0.1) is 0 Å². The second-order valence-electron chi connectivity index (χ2n) is 4.23. The lowest BCUT2D eigenvalue weighted by Gasteiger charge is -1.97. The first-order valence-electron chi connectivity index (χ1n) is 5.87. The molecule has 0 bridgehead atoms. The van der Waals surface area contributed by atoms with Gasteiger partial charge < -0.3 is 4.98 Å². The normalized spacial score (nSPS) is 10.6. The van der Waals surface area contributed by atoms with Crippen molar-refractivity contribution in [3.63, 3.8) is 0 Å². The zero-order valence-corrected chi connectivity index (χ0v) is 10.2. The van der Waals surface area contributed by atoms with Crippen molar-refractivity contribution in [2.75, 3.05) is 0 Å². The van der Waals surface area contributed by atoms with Gasteiger partial charge in [-0.05, 0) is 18.2 Å². The molecular formula is C14H9N3O3. The Labute approximate surface area is 113 Å². The molecule has 98 valence electrons. The smallest absolute Gasteiger partial charge is 0.270 e. The van der Waals surface area contributed by atoms with Gasteiger partial charge in [0.25, 0.3) is 5.69 Å². The summed E-state index contributed by atoms with van der Waals surface area (Å²) < 4.78 is 0. The maximum atomic E-state index is 11.3. The summed E-state index contributed by atoms with van der Waals surface area (Å²) in [4.78, 5) is 28.9. The Bertz CT molecular complexity index is 809. The summed E-state index contributed by atoms with van der Waals surface area (Å²) in [6.45, 7) is 0. The number of carbonyl (C=O) groups excluding carboxylic acids is 1. The molecule has 3 rings (SSSR count). The highest BCUT2D eigenvalue weighted by atomic mass is 16.6. The molecule has 2 heterocycles. The molecule has 0 amide bonds. The van der Waals surface area contributed by atoms with Crippen LogP contribution in [0.1, 0.15) is 10.4 Å². The van der Waals surface area contributed by atoms with Gasteiger partial charge in [0.15, 0.2) is 6.29 Å². The molecule has 2 aromatic heterocycles. The second-order valence-corrected chi connectivity index (χ2v) is 4.23. The lowest BCUT2D eigenvalue weighted by atomic mass is 10.1. The number of H-pyrrole nitrogens is 1. The average Bonchev–Trinajstić information content (AvgIpc) is 2.85. The molecule has 3 aromatic rings. The summed E-state index contributed by atoms with van der Waals surface area (Å²) in [6, 6.07) is 9.74. The molecule has 0 atom stereocenters. The van der Waals surface area contributed by atoms with Gasteiger partial charge in [-0.25, -0.2) is 0 Å². The number of pyridine rings is 1. The summed E-state index contributed by atoms with van der Waals surface area (Å²) in [7, 11) is 0. The Hall–Kier alpha value is -3.02. The van der Waals surface area contributed by atoms with E-state index >= 15 is 0 Å². The monoisotopic (exact) mass is 267 g/mol. The topological polar surface area (TPSA) is 88.9 Å². The van der Waals surface area contributed by atoms with E-state index in [-0.39, 0.29) is 5.69 Å². The number of aromatic nitrogens is 2. The average molecular weight is 267 g/mol. The van der Waals surface area contributed by atoms with Crippen LogP contribution in [0.3, 0.4) is 0 Å². The maximum absolute atomic E-state index is 11.3. The lowest BCUT2D eigenvalue weighted by Crippen LogP contribution is -1.88. The summed E-state index contributed by atoms with van der Waals surface area (Å²) in [5.74, 6) is 0. The molecule has 0 saturated carbocycles. The van der Waals surface area contributed by atoms with Crippen molar-refractivity contribution >= 4 is 22.9 Å². The van der Waals surface area contributed by atoms with Gasteiger partial charge in [-0.2, -0.15) is 0 Å². The van der Waals surface area contributed by atoms with E-state index in [1.807, 2.05) is 6.07 Å². The van der Waals surface area contributed by atoms with E-state index in [9.17, 15) is 14.9 Å². The highest BCUT2D eigenvalue weighted by molar-refractivity contribution is 6.04. The van der Waals surface area contributed by atoms with Crippen LogP contribution in [0.2, 0.25) is 0 Å². The minimum absolute atomic E-state index is 0.0489. The molecule has 0 aliphatic heterocycles. The van der Waals surface area contributed by atoms with Crippen LogP contribution in [-0.4, -0.2) is 21.2 Å². The van der Waals surface area contributed by atoms with Crippen LogP contribution in [-0.2, 0) is 0 Å². The van der Waals surface area contributed by atoms with E-state index in [2.05, 4.69) is 9.97 Å². The highest BCUT2D eigenvalue weighted by Crippen LogP contribution is 2.30. The van der Waals surface area contributed by atoms with Crippen molar-refractivity contribution in [1.82, 2.24) is 9.97 Å². The van der Waals surface area contributed by atoms with Crippen LogP contribution in [0.4, 0.5) is 5.69 Å². The summed E-state index contributed by atoms with van der Waals surface area (Å²) >= 11 is 0. The van der Waals surface area contributed by atoms with E-state index in [1.165, 1.54) is 12.1 Å². The number of nitrogens with one attached hydrogen (secondary N) is 1. The van der Waals surface area contributed by atoms with Crippen LogP contribution < -0.4 is 0 Å². The Kier molecular flexibility index (Phi) is 2.76. The van der Waals surface area contributed by atoms with Crippen molar-refractivity contribution in [1.29, 1.82) is 0 Å². The minimum atomic E-state index is -0.485. The minimum Gasteiger partial charge on any atom is -0.353 e. The third-order valence-electron chi connectivity index (χ3n) is 3.07. The van der Waals surface area contributed by atoms with E-state index in [0.29, 0.717) is 34.1 Å². The fraction of sp³-hybridized carbons (Fsp3) is 0. The lowest BCUT2D eigenvalue weighted by molar-refractivity contribution is -0.384. The van der Waals surface area contributed by atoms with Gasteiger partial charge in [0, 0.05) is 34.8 Å². The first-order chi connectivity index (χ1) is 9.70. The molecular weight excluding hydrogens is 258 g/mol. The van der Waals surface area contributed by atoms with Crippen molar-refractivity contribution in [3.8, 4) is 11.4 Å². The number of carbonyl (C=O) groups is 1. The van der Waals surface area contributed by atoms with Gasteiger partial charge in [0.05, 0.1) is 16.3 Å². The first kappa shape index (κ1) is 12.0. The number of nitrogens with zero attached hydrogens (tertiary/aromatic N) is 2. The number of benzene rings is 1. The molecule has 0 fully saturated rings. The number of nitro benzene ring substituents is 1. The SMILES string of the molecule is O=Cc1c(-c2ccccn2)[nH]c2ccc([N+](=O)[O-])cc12. The molecule has 1 aromatic carbocycles. The zero-order chi connectivity index (χ0) is 14.1. The van der Waals surface area contributed by atoms with Gasteiger partial charge in [0.2, 0.25) is 0 Å². The summed E-state index contributed by atoms with van der Waals surface area (Å²) in [6.07, 6.45) is 2.31. The molecule has 6 nitrogen and oxygen atoms in total. The maximum Gasteiger partial charge on any atom is 0.270 e. The molecule has 0 radical (unpaired) electrons. The second kappa shape index (κ2) is 4.58. The van der Waals surface area contributed by atoms with Crippen LogP contribution in [0.15, 0.2) is 42.6 Å². The van der Waals surface area contributed by atoms with Crippen molar-refractivity contribution in [2.45, 2.75) is 0 Å². The number of hydrogen-bond acceptors (Lipinski definition) is 4. The summed E-state index contributed by atoms with van der Waals surface area (Å²) in [5.41, 5.74) is 2.18. The number of hydrogen-bond donors (Lipinski definition) is 1. The highest BCUT2D eigenvalue weighted by Gasteiger charge is 2.16. The number of fused-ring (bicyclic) bond motifs is 1. The van der Waals surface area contributed by atoms with Gasteiger partial charge >= 0.3 is 0 Å². The Morgan fingerprint density at radius 2 is 2.10 bits per heavy atom. The number of aromatic amines is 1. The molecule has 0 unspecified atom stereocenters. The fourth-order valence-electron chi connectivity index (χ4n) is 2.15. The first-order valence-corrected chi connectivity index (χ1v) is 5.87. The Morgan fingerprint density at radius 1 is 1.25 bits per heavy atom. The van der Waals surface area contributed by atoms with Crippen LogP contribution in [0, 0.1) is 10.1 Å². The molecule has 0 aliphatic rings. The van der Waals surface area contributed by atoms with E-state index in [1.54, 1.807) is 24.4 Å². The Balaban J connectivity index is 2.29. The predicted octanol–water partition coefficient (Wildman–Crippen LogP) is 2.95. The number of nitro groups is 1. The number of rotatable bonds is 3. The number of non-ortho nitro benzene ring substituents is 1. The largest absolute Gasteiger partial charge is 0.353 e. The van der Waals surface area contributed by atoms with Crippen LogP contribution >= 0.6 is 0 Å². The van der Waals surface area contributed by atoms with Crippen molar-refractivity contribution in [3.05, 3.63) is 58.3 Å². The quantitative estimate of drug-likeness (QED) is 0.449. The summed E-state index contributed by atoms with van der Waals surface area (Å²) in [5, 5.41) is 11.3. The van der Waals surface area contributed by atoms with Crippen LogP contribution in [0.25, 0.3) is 22.3 Å². The van der Waals surface area contributed by atoms with Gasteiger partial charge in [-0.3, -0.25) is 19.9 Å². The predicted molar refractivity (Wildman–Crippen MR) is 73.6 cm³/mol. The molecule has 6 heteroatoms. The zero-order valence-electron chi connectivity index (χ0n) is 10.2. The van der Waals surface area contributed by atoms with Crippen LogP contribution in [0.5, 0.6) is 0 Å². The van der Waals surface area contributed by atoms with Gasteiger partial charge in [0.1, 0.15) is 0 Å². The van der Waals surface area contributed by atoms with Crippen molar-refractivity contribution in [2.24, 2.45) is 0 Å². The Morgan fingerprint density at radius 3 is 2.75 bits per heavy atom. The molecule has 20 heavy (non-hydrogen) atoms. The molecule has 1 N–H and O–H groups in total. The van der Waals surface area contributed by atoms with Gasteiger partial charge in [-0.1, -0.05) is 6.07 Å². The van der Waals surface area contributed by atoms with E-state index in [0.717, 1.165) is 0 Å². The third kappa shape index (κ3) is 1.83. The fourth-order valence-corrected chi connectivity index (χ4v) is 2.15. The van der Waals surface area contributed by atoms with E-state index in [4.69, 9.17) is 0 Å². The van der Waals surface area contributed by atoms with E-state index < -0.39 is 4.92 Å². The molecule has 0 saturated heterocycles. The van der Waals surface area contributed by atoms with Crippen molar-refractivity contribution < 1.29 is 9.72 Å². The molecule has 0 spiro atoms. The third-order valence-corrected chi connectivity index (χ3v) is 3.07.